The molecule has 124 valence electrons. The summed E-state index contributed by atoms with van der Waals surface area (Å²) in [6.45, 7) is 1.93. The van der Waals surface area contributed by atoms with E-state index in [-0.39, 0.29) is 5.91 Å². The fourth-order valence-electron chi connectivity index (χ4n) is 3.31. The van der Waals surface area contributed by atoms with Gasteiger partial charge in [0.1, 0.15) is 11.1 Å². The highest BCUT2D eigenvalue weighted by atomic mass is 32.1. The predicted molar refractivity (Wildman–Crippen MR) is 100 cm³/mol. The number of nitrogens with zero attached hydrogens (tertiary/aromatic N) is 2. The summed E-state index contributed by atoms with van der Waals surface area (Å²) in [5.41, 5.74) is 4.05. The molecular formula is C20H17N3OS. The van der Waals surface area contributed by atoms with Crippen LogP contribution in [-0.4, -0.2) is 10.9 Å². The lowest BCUT2D eigenvalue weighted by molar-refractivity contribution is 0.102. The van der Waals surface area contributed by atoms with E-state index >= 15 is 0 Å². The molecule has 4 nitrogen and oxygen atoms in total. The molecule has 0 bridgehead atoms. The number of nitrogens with one attached hydrogen (secondary N) is 1. The Bertz CT molecular complexity index is 1030. The molecule has 0 unspecified atom stereocenters. The van der Waals surface area contributed by atoms with Gasteiger partial charge in [0.05, 0.1) is 11.1 Å². The van der Waals surface area contributed by atoms with E-state index in [0.717, 1.165) is 47.8 Å². The zero-order valence-electron chi connectivity index (χ0n) is 13.9. The Morgan fingerprint density at radius 2 is 2.04 bits per heavy atom. The molecule has 4 rings (SSSR count). The van der Waals surface area contributed by atoms with E-state index in [1.165, 1.54) is 4.88 Å². The van der Waals surface area contributed by atoms with Crippen LogP contribution in [0.3, 0.4) is 0 Å². The highest BCUT2D eigenvalue weighted by molar-refractivity contribution is 7.16. The van der Waals surface area contributed by atoms with Gasteiger partial charge in [0.25, 0.3) is 5.91 Å². The molecule has 3 aromatic rings. The third kappa shape index (κ3) is 2.90. The summed E-state index contributed by atoms with van der Waals surface area (Å²) in [5.74, 6) is -0.194. The van der Waals surface area contributed by atoms with E-state index in [1.807, 2.05) is 25.1 Å². The largest absolute Gasteiger partial charge is 0.312 e. The molecule has 0 aliphatic heterocycles. The molecule has 0 fully saturated rings. The summed E-state index contributed by atoms with van der Waals surface area (Å²) in [6.07, 6.45) is 4.20. The first-order valence-corrected chi connectivity index (χ1v) is 9.21. The molecule has 0 saturated carbocycles. The number of nitriles is 1. The second-order valence-corrected chi connectivity index (χ2v) is 7.45. The van der Waals surface area contributed by atoms with Crippen LogP contribution in [0.15, 0.2) is 30.3 Å². The number of hydrogen-bond acceptors (Lipinski definition) is 4. The average Bonchev–Trinajstić information content (AvgIpc) is 2.97. The Kier molecular flexibility index (Phi) is 3.98. The van der Waals surface area contributed by atoms with Crippen molar-refractivity contribution in [2.75, 3.05) is 5.32 Å². The SMILES string of the molecule is Cc1ccc2ccc(C(=O)Nc3sc4c(c3C#N)CCCC4)cc2n1. The normalized spacial score (nSPS) is 13.3. The molecule has 1 aliphatic carbocycles. The summed E-state index contributed by atoms with van der Waals surface area (Å²) < 4.78 is 0. The summed E-state index contributed by atoms with van der Waals surface area (Å²) >= 11 is 1.55. The van der Waals surface area contributed by atoms with Gasteiger partial charge < -0.3 is 5.32 Å². The molecule has 25 heavy (non-hydrogen) atoms. The maximum absolute atomic E-state index is 12.7. The molecule has 2 aromatic heterocycles. The number of aromatic nitrogens is 1. The zero-order chi connectivity index (χ0) is 17.4. The number of carbonyl (C=O) groups excluding carboxylic acids is 1. The van der Waals surface area contributed by atoms with Gasteiger partial charge in [-0.05, 0) is 56.4 Å². The Hall–Kier alpha value is -2.71. The minimum atomic E-state index is -0.194. The number of fused-ring (bicyclic) bond motifs is 2. The highest BCUT2D eigenvalue weighted by Gasteiger charge is 2.22. The van der Waals surface area contributed by atoms with E-state index in [2.05, 4.69) is 16.4 Å². The van der Waals surface area contributed by atoms with Crippen molar-refractivity contribution in [3.63, 3.8) is 0 Å². The van der Waals surface area contributed by atoms with Crippen LogP contribution in [0.1, 0.15) is 44.9 Å². The zero-order valence-corrected chi connectivity index (χ0v) is 14.7. The van der Waals surface area contributed by atoms with Crippen molar-refractivity contribution in [2.24, 2.45) is 0 Å². The molecule has 0 saturated heterocycles. The third-order valence-corrected chi connectivity index (χ3v) is 5.81. The number of rotatable bonds is 2. The third-order valence-electron chi connectivity index (χ3n) is 4.60. The standard InChI is InChI=1S/C20H17N3OS/c1-12-6-7-13-8-9-14(10-17(13)22-12)19(24)23-20-16(11-21)15-4-2-3-5-18(15)25-20/h6-10H,2-5H2,1H3,(H,23,24). The van der Waals surface area contributed by atoms with Crippen LogP contribution in [0.25, 0.3) is 10.9 Å². The van der Waals surface area contributed by atoms with Gasteiger partial charge in [-0.2, -0.15) is 5.26 Å². The van der Waals surface area contributed by atoms with Crippen LogP contribution in [0.2, 0.25) is 0 Å². The molecule has 1 amide bonds. The second kappa shape index (κ2) is 6.30. The van der Waals surface area contributed by atoms with E-state index < -0.39 is 0 Å². The molecule has 0 radical (unpaired) electrons. The van der Waals surface area contributed by atoms with Crippen LogP contribution in [-0.2, 0) is 12.8 Å². The number of amides is 1. The van der Waals surface area contributed by atoms with Crippen molar-refractivity contribution in [3.8, 4) is 6.07 Å². The van der Waals surface area contributed by atoms with E-state index in [9.17, 15) is 10.1 Å². The van der Waals surface area contributed by atoms with Gasteiger partial charge in [0.15, 0.2) is 0 Å². The van der Waals surface area contributed by atoms with Crippen LogP contribution >= 0.6 is 11.3 Å². The number of anilines is 1. The first-order valence-electron chi connectivity index (χ1n) is 8.39. The fraction of sp³-hybridized carbons (Fsp3) is 0.250. The number of aryl methyl sites for hydroxylation is 2. The molecular weight excluding hydrogens is 330 g/mol. The van der Waals surface area contributed by atoms with Gasteiger partial charge in [0, 0.05) is 21.5 Å². The summed E-state index contributed by atoms with van der Waals surface area (Å²) in [4.78, 5) is 18.4. The molecule has 1 aliphatic rings. The summed E-state index contributed by atoms with van der Waals surface area (Å²) in [7, 11) is 0. The fourth-order valence-corrected chi connectivity index (χ4v) is 4.54. The Balaban J connectivity index is 1.66. The van der Waals surface area contributed by atoms with Gasteiger partial charge in [-0.1, -0.05) is 12.1 Å². The highest BCUT2D eigenvalue weighted by Crippen LogP contribution is 2.37. The lowest BCUT2D eigenvalue weighted by atomic mass is 9.96. The van der Waals surface area contributed by atoms with Gasteiger partial charge >= 0.3 is 0 Å². The first-order chi connectivity index (χ1) is 12.2. The van der Waals surface area contributed by atoms with Crippen LogP contribution in [0.4, 0.5) is 5.00 Å². The van der Waals surface area contributed by atoms with Crippen molar-refractivity contribution in [1.82, 2.24) is 4.98 Å². The molecule has 5 heteroatoms. The number of thiophene rings is 1. The summed E-state index contributed by atoms with van der Waals surface area (Å²) in [6, 6.07) is 11.7. The van der Waals surface area contributed by atoms with Crippen molar-refractivity contribution in [1.29, 1.82) is 5.26 Å². The number of hydrogen-bond donors (Lipinski definition) is 1. The predicted octanol–water partition coefficient (Wildman–Crippen LogP) is 4.61. The van der Waals surface area contributed by atoms with Crippen molar-refractivity contribution in [3.05, 3.63) is 57.6 Å². The minimum Gasteiger partial charge on any atom is -0.312 e. The molecule has 2 heterocycles. The van der Waals surface area contributed by atoms with Gasteiger partial charge in [-0.25, -0.2) is 0 Å². The van der Waals surface area contributed by atoms with Gasteiger partial charge in [0.2, 0.25) is 0 Å². The monoisotopic (exact) mass is 347 g/mol. The van der Waals surface area contributed by atoms with E-state index in [1.54, 1.807) is 23.5 Å². The second-order valence-electron chi connectivity index (χ2n) is 6.34. The molecule has 0 spiro atoms. The van der Waals surface area contributed by atoms with Crippen LogP contribution in [0, 0.1) is 18.3 Å². The van der Waals surface area contributed by atoms with Crippen molar-refractivity contribution >= 4 is 33.1 Å². The number of pyridine rings is 1. The molecule has 1 N–H and O–H groups in total. The topological polar surface area (TPSA) is 65.8 Å². The number of benzene rings is 1. The van der Waals surface area contributed by atoms with E-state index in [4.69, 9.17) is 0 Å². The smallest absolute Gasteiger partial charge is 0.256 e. The van der Waals surface area contributed by atoms with Crippen LogP contribution < -0.4 is 5.32 Å². The Morgan fingerprint density at radius 1 is 1.24 bits per heavy atom. The molecule has 0 atom stereocenters. The summed E-state index contributed by atoms with van der Waals surface area (Å²) in [5, 5.41) is 14.1. The Labute approximate surface area is 150 Å². The van der Waals surface area contributed by atoms with Crippen molar-refractivity contribution < 1.29 is 4.79 Å². The maximum Gasteiger partial charge on any atom is 0.256 e. The average molecular weight is 347 g/mol. The van der Waals surface area contributed by atoms with Gasteiger partial charge in [-0.3, -0.25) is 9.78 Å². The van der Waals surface area contributed by atoms with Crippen LogP contribution in [0.5, 0.6) is 0 Å². The minimum absolute atomic E-state index is 0.194. The lowest BCUT2D eigenvalue weighted by Crippen LogP contribution is -2.12. The Morgan fingerprint density at radius 3 is 2.88 bits per heavy atom. The lowest BCUT2D eigenvalue weighted by Gasteiger charge is -2.09. The van der Waals surface area contributed by atoms with E-state index in [0.29, 0.717) is 16.1 Å². The maximum atomic E-state index is 12.7. The van der Waals surface area contributed by atoms with Crippen molar-refractivity contribution in [2.45, 2.75) is 32.6 Å². The quantitative estimate of drug-likeness (QED) is 0.736. The first kappa shape index (κ1) is 15.8. The number of carbonyl (C=O) groups is 1. The van der Waals surface area contributed by atoms with Gasteiger partial charge in [-0.15, -0.1) is 11.3 Å². The molecule has 1 aromatic carbocycles.